The van der Waals surface area contributed by atoms with Crippen molar-refractivity contribution in [3.8, 4) is 0 Å². The fourth-order valence-electron chi connectivity index (χ4n) is 4.43. The third-order valence-electron chi connectivity index (χ3n) is 6.25. The maximum absolute atomic E-state index is 13.7. The molecular formula is C27H29FN4O3. The number of nitrogens with zero attached hydrogens (tertiary/aromatic N) is 2. The topological polar surface area (TPSA) is 101 Å². The molecular weight excluding hydrogens is 447 g/mol. The van der Waals surface area contributed by atoms with Crippen molar-refractivity contribution in [2.75, 3.05) is 17.2 Å². The molecule has 0 aliphatic heterocycles. The van der Waals surface area contributed by atoms with Gasteiger partial charge in [-0.3, -0.25) is 19.1 Å². The minimum atomic E-state index is -0.720. The van der Waals surface area contributed by atoms with Crippen molar-refractivity contribution in [1.29, 1.82) is 0 Å². The summed E-state index contributed by atoms with van der Waals surface area (Å²) in [6.45, 7) is 0.378. The highest BCUT2D eigenvalue weighted by molar-refractivity contribution is 5.96. The van der Waals surface area contributed by atoms with Crippen molar-refractivity contribution in [2.24, 2.45) is 0 Å². The number of carbonyl (C=O) groups is 1. The highest BCUT2D eigenvalue weighted by Gasteiger charge is 2.25. The zero-order valence-corrected chi connectivity index (χ0v) is 19.5. The van der Waals surface area contributed by atoms with E-state index in [2.05, 4.69) is 11.1 Å². The van der Waals surface area contributed by atoms with Crippen molar-refractivity contribution in [3.63, 3.8) is 0 Å². The second-order valence-corrected chi connectivity index (χ2v) is 8.78. The molecule has 1 amide bonds. The second-order valence-electron chi connectivity index (χ2n) is 8.78. The Kier molecular flexibility index (Phi) is 7.60. The lowest BCUT2D eigenvalue weighted by molar-refractivity contribution is -0.118. The molecule has 35 heavy (non-hydrogen) atoms. The minimum Gasteiger partial charge on any atom is -0.383 e. The van der Waals surface area contributed by atoms with Gasteiger partial charge >= 0.3 is 5.69 Å². The molecule has 0 saturated heterocycles. The summed E-state index contributed by atoms with van der Waals surface area (Å²) >= 11 is 0. The molecule has 4 rings (SSSR count). The average Bonchev–Trinajstić information content (AvgIpc) is 2.85. The molecule has 0 radical (unpaired) electrons. The first kappa shape index (κ1) is 24.2. The number of rotatable bonds is 8. The molecule has 0 fully saturated rings. The lowest BCUT2D eigenvalue weighted by Gasteiger charge is -2.26. The van der Waals surface area contributed by atoms with Crippen LogP contribution < -0.4 is 21.9 Å². The van der Waals surface area contributed by atoms with Gasteiger partial charge in [-0.15, -0.1) is 0 Å². The number of hydrogen-bond acceptors (Lipinski definition) is 4. The molecule has 8 heteroatoms. The van der Waals surface area contributed by atoms with E-state index in [9.17, 15) is 18.8 Å². The van der Waals surface area contributed by atoms with Crippen LogP contribution in [-0.4, -0.2) is 22.0 Å². The lowest BCUT2D eigenvalue weighted by atomic mass is 9.97. The number of halogens is 1. The van der Waals surface area contributed by atoms with Crippen molar-refractivity contribution in [1.82, 2.24) is 9.55 Å². The van der Waals surface area contributed by atoms with Gasteiger partial charge in [0.15, 0.2) is 5.69 Å². The largest absolute Gasteiger partial charge is 0.383 e. The Hall–Kier alpha value is -3.94. The van der Waals surface area contributed by atoms with Gasteiger partial charge in [0.05, 0.1) is 13.0 Å². The van der Waals surface area contributed by atoms with E-state index in [-0.39, 0.29) is 31.0 Å². The van der Waals surface area contributed by atoms with Crippen LogP contribution in [-0.2, 0) is 17.8 Å². The molecule has 0 atom stereocenters. The second kappa shape index (κ2) is 11.0. The van der Waals surface area contributed by atoms with Crippen LogP contribution >= 0.6 is 0 Å². The normalized spacial score (nSPS) is 13.3. The van der Waals surface area contributed by atoms with E-state index in [0.717, 1.165) is 31.2 Å². The Balaban J connectivity index is 1.71. The van der Waals surface area contributed by atoms with Gasteiger partial charge in [-0.1, -0.05) is 54.1 Å². The first-order chi connectivity index (χ1) is 16.9. The molecule has 2 aromatic carbocycles. The maximum atomic E-state index is 13.7. The highest BCUT2D eigenvalue weighted by Crippen LogP contribution is 2.24. The highest BCUT2D eigenvalue weighted by atomic mass is 19.1. The van der Waals surface area contributed by atoms with E-state index in [1.807, 2.05) is 30.3 Å². The van der Waals surface area contributed by atoms with E-state index in [0.29, 0.717) is 12.0 Å². The van der Waals surface area contributed by atoms with Gasteiger partial charge in [-0.25, -0.2) is 9.18 Å². The van der Waals surface area contributed by atoms with E-state index in [1.165, 1.54) is 33.2 Å². The number of carbonyl (C=O) groups excluding carboxylic acids is 1. The summed E-state index contributed by atoms with van der Waals surface area (Å²) in [5, 5.41) is 0. The monoisotopic (exact) mass is 476 g/mol. The van der Waals surface area contributed by atoms with Crippen LogP contribution in [0, 0.1) is 5.82 Å². The number of aromatic amines is 1. The SMILES string of the molecule is Nc1c(N(CCC2=CCCCC2)C(=O)Cc2cccc(F)c2)c(=O)[nH]c(=O)n1Cc1ccccc1. The minimum absolute atomic E-state index is 0.0571. The first-order valence-electron chi connectivity index (χ1n) is 11.8. The van der Waals surface area contributed by atoms with Crippen LogP contribution in [0.4, 0.5) is 15.9 Å². The molecule has 1 aromatic heterocycles. The van der Waals surface area contributed by atoms with Gasteiger partial charge in [0, 0.05) is 6.54 Å². The van der Waals surface area contributed by atoms with Crippen LogP contribution in [0.25, 0.3) is 0 Å². The zero-order chi connectivity index (χ0) is 24.8. The summed E-state index contributed by atoms with van der Waals surface area (Å²) in [7, 11) is 0. The van der Waals surface area contributed by atoms with Crippen LogP contribution in [0.15, 0.2) is 75.8 Å². The molecule has 3 N–H and O–H groups in total. The molecule has 3 aromatic rings. The zero-order valence-electron chi connectivity index (χ0n) is 19.5. The molecule has 1 aliphatic carbocycles. The van der Waals surface area contributed by atoms with Crippen molar-refractivity contribution >= 4 is 17.4 Å². The van der Waals surface area contributed by atoms with Crippen LogP contribution in [0.3, 0.4) is 0 Å². The molecule has 0 spiro atoms. The number of amides is 1. The lowest BCUT2D eigenvalue weighted by Crippen LogP contribution is -2.42. The van der Waals surface area contributed by atoms with Crippen LogP contribution in [0.1, 0.15) is 43.2 Å². The molecule has 1 aliphatic rings. The van der Waals surface area contributed by atoms with E-state index >= 15 is 0 Å². The number of hydrogen-bond donors (Lipinski definition) is 2. The quantitative estimate of drug-likeness (QED) is 0.483. The van der Waals surface area contributed by atoms with E-state index in [4.69, 9.17) is 5.73 Å². The molecule has 0 saturated carbocycles. The van der Waals surface area contributed by atoms with Crippen molar-refractivity contribution < 1.29 is 9.18 Å². The number of nitrogen functional groups attached to an aromatic ring is 1. The fourth-order valence-corrected chi connectivity index (χ4v) is 4.43. The molecule has 1 heterocycles. The molecule has 7 nitrogen and oxygen atoms in total. The number of benzene rings is 2. The Morgan fingerprint density at radius 3 is 2.54 bits per heavy atom. The fraction of sp³-hybridized carbons (Fsp3) is 0.296. The number of H-pyrrole nitrogens is 1. The number of nitrogens with one attached hydrogen (secondary N) is 1. The van der Waals surface area contributed by atoms with Gasteiger partial charge in [0.25, 0.3) is 5.56 Å². The number of nitrogens with two attached hydrogens (primary N) is 1. The summed E-state index contributed by atoms with van der Waals surface area (Å²) in [5.74, 6) is -0.912. The smallest absolute Gasteiger partial charge is 0.330 e. The van der Waals surface area contributed by atoms with Crippen LogP contribution in [0.2, 0.25) is 0 Å². The van der Waals surface area contributed by atoms with Gasteiger partial charge in [0.1, 0.15) is 11.6 Å². The summed E-state index contributed by atoms with van der Waals surface area (Å²) < 4.78 is 15.0. The van der Waals surface area contributed by atoms with Crippen molar-refractivity contribution in [2.45, 2.75) is 45.1 Å². The summed E-state index contributed by atoms with van der Waals surface area (Å²) in [5.41, 5.74) is 7.49. The predicted molar refractivity (Wildman–Crippen MR) is 135 cm³/mol. The maximum Gasteiger partial charge on any atom is 0.330 e. The molecule has 0 bridgehead atoms. The Morgan fingerprint density at radius 1 is 1.06 bits per heavy atom. The standard InChI is InChI=1S/C27H29FN4O3/c28-22-13-7-12-21(16-22)17-23(33)31(15-14-19-8-3-1-4-9-19)24-25(29)32(27(35)30-26(24)34)18-20-10-5-2-6-11-20/h2,5-8,10-13,16H,1,3-4,9,14-15,17-18,29H2,(H,30,34,35). The molecule has 0 unspecified atom stereocenters. The Bertz CT molecular complexity index is 1340. The number of allylic oxidation sites excluding steroid dienone is 1. The van der Waals surface area contributed by atoms with Crippen molar-refractivity contribution in [3.05, 3.63) is 104 Å². The Morgan fingerprint density at radius 2 is 1.83 bits per heavy atom. The first-order valence-corrected chi connectivity index (χ1v) is 11.8. The predicted octanol–water partition coefficient (Wildman–Crippen LogP) is 3.77. The average molecular weight is 477 g/mol. The summed E-state index contributed by atoms with van der Waals surface area (Å²) in [6.07, 6.45) is 6.85. The van der Waals surface area contributed by atoms with Gasteiger partial charge < -0.3 is 10.6 Å². The van der Waals surface area contributed by atoms with Crippen LogP contribution in [0.5, 0.6) is 0 Å². The van der Waals surface area contributed by atoms with E-state index in [1.54, 1.807) is 6.07 Å². The number of anilines is 2. The third-order valence-corrected chi connectivity index (χ3v) is 6.25. The summed E-state index contributed by atoms with van der Waals surface area (Å²) in [6, 6.07) is 15.0. The van der Waals surface area contributed by atoms with Gasteiger partial charge in [-0.2, -0.15) is 0 Å². The summed E-state index contributed by atoms with van der Waals surface area (Å²) in [4.78, 5) is 42.7. The number of aromatic nitrogens is 2. The van der Waals surface area contributed by atoms with Gasteiger partial charge in [0.2, 0.25) is 5.91 Å². The third kappa shape index (κ3) is 5.95. The Labute approximate surface area is 202 Å². The van der Waals surface area contributed by atoms with Gasteiger partial charge in [-0.05, 0) is 55.4 Å². The molecule has 182 valence electrons. The van der Waals surface area contributed by atoms with E-state index < -0.39 is 23.0 Å².